The van der Waals surface area contributed by atoms with E-state index in [-0.39, 0.29) is 36.9 Å². The summed E-state index contributed by atoms with van der Waals surface area (Å²) < 4.78 is 41.8. The number of fused-ring (bicyclic) bond motifs is 1. The molecule has 0 aliphatic carbocycles. The quantitative estimate of drug-likeness (QED) is 0.138. The van der Waals surface area contributed by atoms with Gasteiger partial charge in [0.05, 0.1) is 57.4 Å². The molecule has 0 spiro atoms. The number of hydrogen-bond donors (Lipinski definition) is 0. The zero-order valence-corrected chi connectivity index (χ0v) is 31.5. The molecule has 284 valence electrons. The molecular formula is C41H57N3O8. The largest absolute Gasteiger partial charge is 0.494 e. The van der Waals surface area contributed by atoms with Gasteiger partial charge in [0.2, 0.25) is 0 Å². The molecule has 3 aromatic rings. The van der Waals surface area contributed by atoms with Crippen molar-refractivity contribution in [1.29, 1.82) is 0 Å². The maximum Gasteiger partial charge on any atom is 0.410 e. The molecule has 1 saturated heterocycles. The normalized spacial score (nSPS) is 19.2. The van der Waals surface area contributed by atoms with Crippen LogP contribution in [-0.2, 0) is 36.9 Å². The predicted molar refractivity (Wildman–Crippen MR) is 201 cm³/mol. The number of hydrogen-bond acceptors (Lipinski definition) is 10. The molecule has 4 atom stereocenters. The van der Waals surface area contributed by atoms with Gasteiger partial charge in [0.25, 0.3) is 0 Å². The molecular weight excluding hydrogens is 662 g/mol. The lowest BCUT2D eigenvalue weighted by Gasteiger charge is -2.43. The van der Waals surface area contributed by atoms with Gasteiger partial charge in [0.15, 0.2) is 0 Å². The summed E-state index contributed by atoms with van der Waals surface area (Å²) in [4.78, 5) is 19.9. The van der Waals surface area contributed by atoms with Gasteiger partial charge < -0.3 is 47.9 Å². The molecule has 11 heteroatoms. The zero-order valence-electron chi connectivity index (χ0n) is 31.5. The molecule has 3 aromatic carbocycles. The van der Waals surface area contributed by atoms with Gasteiger partial charge in [0, 0.05) is 52.4 Å². The standard InChI is InChI=1S/C41H57N3O8/c1-31(42(2)3)28-50-38-26-44(41(45)52-29-32-11-7-6-8-12-32)27-39(40(38)34-14-16-35(17-15-34)48-23-10-22-47-5)51-30-33-13-18-37-36(25-33)43(20-24-49-37)19-9-21-46-4/h6-8,11-18,25,31,38-40H,9-10,19-24,26-30H2,1-5H3/t31-,38-,39+,40+/m1/s1. The highest BCUT2D eigenvalue weighted by molar-refractivity contribution is 5.68. The van der Waals surface area contributed by atoms with Crippen molar-refractivity contribution in [1.82, 2.24) is 9.80 Å². The number of benzene rings is 3. The van der Waals surface area contributed by atoms with Crippen LogP contribution >= 0.6 is 0 Å². The summed E-state index contributed by atoms with van der Waals surface area (Å²) in [5.74, 6) is 1.52. The van der Waals surface area contributed by atoms with E-state index < -0.39 is 0 Å². The fourth-order valence-electron chi connectivity index (χ4n) is 6.51. The fraction of sp³-hybridized carbons (Fsp3) is 0.537. The van der Waals surface area contributed by atoms with Crippen LogP contribution in [-0.4, -0.2) is 122 Å². The van der Waals surface area contributed by atoms with E-state index in [4.69, 9.17) is 33.2 Å². The van der Waals surface area contributed by atoms with E-state index in [2.05, 4.69) is 41.0 Å². The molecule has 0 saturated carbocycles. The second-order valence-electron chi connectivity index (χ2n) is 13.8. The molecule has 0 bridgehead atoms. The van der Waals surface area contributed by atoms with Crippen LogP contribution in [0.25, 0.3) is 0 Å². The third kappa shape index (κ3) is 11.3. The lowest BCUT2D eigenvalue weighted by molar-refractivity contribution is -0.0972. The van der Waals surface area contributed by atoms with Crippen molar-refractivity contribution in [2.24, 2.45) is 0 Å². The number of rotatable bonds is 19. The number of ether oxygens (including phenoxy) is 7. The Morgan fingerprint density at radius 1 is 0.865 bits per heavy atom. The number of carbonyl (C=O) groups is 1. The highest BCUT2D eigenvalue weighted by Gasteiger charge is 2.42. The fourth-order valence-corrected chi connectivity index (χ4v) is 6.51. The number of carbonyl (C=O) groups excluding carboxylic acids is 1. The van der Waals surface area contributed by atoms with Crippen molar-refractivity contribution < 1.29 is 38.0 Å². The molecule has 1 amide bonds. The first kappa shape index (κ1) is 39.3. The monoisotopic (exact) mass is 719 g/mol. The van der Waals surface area contributed by atoms with Gasteiger partial charge in [-0.15, -0.1) is 0 Å². The van der Waals surface area contributed by atoms with Gasteiger partial charge in [-0.2, -0.15) is 0 Å². The van der Waals surface area contributed by atoms with Crippen LogP contribution in [0.15, 0.2) is 72.8 Å². The summed E-state index contributed by atoms with van der Waals surface area (Å²) in [5.41, 5.74) is 4.09. The molecule has 0 N–H and O–H groups in total. The Labute approximate surface area is 309 Å². The first-order valence-corrected chi connectivity index (χ1v) is 18.4. The van der Waals surface area contributed by atoms with Crippen molar-refractivity contribution >= 4 is 11.8 Å². The number of methoxy groups -OCH3 is 2. The lowest BCUT2D eigenvalue weighted by atomic mass is 9.84. The van der Waals surface area contributed by atoms with Gasteiger partial charge in [-0.25, -0.2) is 4.79 Å². The van der Waals surface area contributed by atoms with Crippen LogP contribution in [0.2, 0.25) is 0 Å². The van der Waals surface area contributed by atoms with E-state index in [9.17, 15) is 4.79 Å². The van der Waals surface area contributed by atoms with Crippen LogP contribution in [0.3, 0.4) is 0 Å². The van der Waals surface area contributed by atoms with Crippen LogP contribution in [0.1, 0.15) is 42.4 Å². The van der Waals surface area contributed by atoms with E-state index in [0.717, 1.165) is 59.8 Å². The van der Waals surface area contributed by atoms with Gasteiger partial charge in [-0.3, -0.25) is 0 Å². The number of amides is 1. The van der Waals surface area contributed by atoms with Crippen LogP contribution in [0, 0.1) is 0 Å². The topological polar surface area (TPSA) is 91.4 Å². The van der Waals surface area contributed by atoms with Crippen molar-refractivity contribution in [3.8, 4) is 11.5 Å². The summed E-state index contributed by atoms with van der Waals surface area (Å²) in [6.45, 7) is 8.20. The minimum atomic E-state index is -0.386. The number of piperidine rings is 1. The SMILES string of the molecule is COCCCOc1ccc([C@@H]2[C@@H](OCc3ccc4c(c3)N(CCCOC)CCO4)CN(C(=O)OCc3ccccc3)C[C@H]2OC[C@@H](C)N(C)C)cc1. The van der Waals surface area contributed by atoms with E-state index >= 15 is 0 Å². The Morgan fingerprint density at radius 3 is 2.33 bits per heavy atom. The molecule has 5 rings (SSSR count). The molecule has 1 fully saturated rings. The zero-order chi connectivity index (χ0) is 36.7. The highest BCUT2D eigenvalue weighted by atomic mass is 16.6. The molecule has 2 aliphatic heterocycles. The smallest absolute Gasteiger partial charge is 0.410 e. The third-order valence-corrected chi connectivity index (χ3v) is 9.75. The van der Waals surface area contributed by atoms with Crippen LogP contribution < -0.4 is 14.4 Å². The van der Waals surface area contributed by atoms with E-state index in [1.165, 1.54) is 0 Å². The summed E-state index contributed by atoms with van der Waals surface area (Å²) in [6, 6.07) is 24.3. The van der Waals surface area contributed by atoms with E-state index in [1.54, 1.807) is 19.1 Å². The molecule has 2 heterocycles. The number of nitrogens with zero attached hydrogens (tertiary/aromatic N) is 3. The second kappa shape index (κ2) is 20.4. The molecule has 0 unspecified atom stereocenters. The van der Waals surface area contributed by atoms with Crippen molar-refractivity contribution in [2.75, 3.05) is 92.4 Å². The van der Waals surface area contributed by atoms with Crippen molar-refractivity contribution in [2.45, 2.75) is 57.1 Å². The average Bonchev–Trinajstić information content (AvgIpc) is 3.17. The maximum atomic E-state index is 13.7. The van der Waals surface area contributed by atoms with E-state index in [1.807, 2.05) is 62.6 Å². The first-order valence-electron chi connectivity index (χ1n) is 18.4. The summed E-state index contributed by atoms with van der Waals surface area (Å²) in [7, 11) is 7.51. The molecule has 11 nitrogen and oxygen atoms in total. The van der Waals surface area contributed by atoms with Gasteiger partial charge in [-0.1, -0.05) is 48.5 Å². The highest BCUT2D eigenvalue weighted by Crippen LogP contribution is 2.36. The molecule has 52 heavy (non-hydrogen) atoms. The summed E-state index contributed by atoms with van der Waals surface area (Å²) in [6.07, 6.45) is 0.639. The summed E-state index contributed by atoms with van der Waals surface area (Å²) >= 11 is 0. The average molecular weight is 720 g/mol. The van der Waals surface area contributed by atoms with Crippen molar-refractivity contribution in [3.63, 3.8) is 0 Å². The van der Waals surface area contributed by atoms with Crippen LogP contribution in [0.5, 0.6) is 11.5 Å². The van der Waals surface area contributed by atoms with Gasteiger partial charge in [-0.05, 0) is 68.4 Å². The van der Waals surface area contributed by atoms with Crippen LogP contribution in [0.4, 0.5) is 10.5 Å². The molecule has 0 aromatic heterocycles. The second-order valence-corrected chi connectivity index (χ2v) is 13.8. The third-order valence-electron chi connectivity index (χ3n) is 9.75. The Balaban J connectivity index is 1.39. The maximum absolute atomic E-state index is 13.7. The molecule has 0 radical (unpaired) electrons. The Bertz CT molecular complexity index is 1490. The number of likely N-dealkylation sites (tertiary alicyclic amines) is 1. The Morgan fingerprint density at radius 2 is 1.60 bits per heavy atom. The Hall–Kier alpha value is -3.87. The van der Waals surface area contributed by atoms with Crippen molar-refractivity contribution in [3.05, 3.63) is 89.5 Å². The lowest BCUT2D eigenvalue weighted by Crippen LogP contribution is -2.55. The first-order chi connectivity index (χ1) is 25.4. The predicted octanol–water partition coefficient (Wildman–Crippen LogP) is 5.99. The summed E-state index contributed by atoms with van der Waals surface area (Å²) in [5, 5.41) is 0. The van der Waals surface area contributed by atoms with Gasteiger partial charge >= 0.3 is 6.09 Å². The molecule has 2 aliphatic rings. The minimum absolute atomic E-state index is 0.151. The number of anilines is 1. The Kier molecular flexibility index (Phi) is 15.4. The van der Waals surface area contributed by atoms with Gasteiger partial charge in [0.1, 0.15) is 24.7 Å². The number of likely N-dealkylation sites (N-methyl/N-ethyl adjacent to an activating group) is 1. The minimum Gasteiger partial charge on any atom is -0.494 e. The van der Waals surface area contributed by atoms with E-state index in [0.29, 0.717) is 52.7 Å².